The molecular formula is C29H36N2O3. The third kappa shape index (κ3) is 7.85. The number of likely N-dealkylation sites (N-methyl/N-ethyl adjacent to an activating group) is 1. The quantitative estimate of drug-likeness (QED) is 0.528. The van der Waals surface area contributed by atoms with Gasteiger partial charge >= 0.3 is 0 Å². The zero-order valence-corrected chi connectivity index (χ0v) is 20.3. The number of aryl methyl sites for hydroxylation is 1. The molecular weight excluding hydrogens is 424 g/mol. The highest BCUT2D eigenvalue weighted by atomic mass is 16.5. The number of carbonyl (C=O) groups is 1. The van der Waals surface area contributed by atoms with Crippen molar-refractivity contribution in [3.8, 4) is 12.3 Å². The molecule has 1 aliphatic heterocycles. The molecule has 1 heterocycles. The summed E-state index contributed by atoms with van der Waals surface area (Å²) >= 11 is 0. The van der Waals surface area contributed by atoms with Gasteiger partial charge in [0.15, 0.2) is 0 Å². The van der Waals surface area contributed by atoms with Crippen LogP contribution in [0.15, 0.2) is 48.5 Å². The number of amides is 1. The van der Waals surface area contributed by atoms with E-state index in [1.165, 1.54) is 16.7 Å². The van der Waals surface area contributed by atoms with E-state index in [0.717, 1.165) is 36.9 Å². The summed E-state index contributed by atoms with van der Waals surface area (Å²) in [6, 6.07) is 14.8. The molecule has 2 N–H and O–H groups in total. The van der Waals surface area contributed by atoms with Gasteiger partial charge in [-0.3, -0.25) is 9.69 Å². The second-order valence-corrected chi connectivity index (χ2v) is 9.00. The maximum absolute atomic E-state index is 12.0. The van der Waals surface area contributed by atoms with Gasteiger partial charge in [0, 0.05) is 26.1 Å². The van der Waals surface area contributed by atoms with Crippen LogP contribution in [-0.4, -0.2) is 55.3 Å². The fraction of sp³-hybridized carbons (Fsp3) is 0.414. The average Bonchev–Trinajstić information content (AvgIpc) is 2.82. The van der Waals surface area contributed by atoms with Crippen molar-refractivity contribution in [2.75, 3.05) is 33.3 Å². The predicted octanol–water partition coefficient (Wildman–Crippen LogP) is 3.88. The van der Waals surface area contributed by atoms with Crippen LogP contribution in [0, 0.1) is 19.3 Å². The SMILES string of the molecule is C#CCN(C)CCNC(=O)C/C=C/c1ccc(Cc2cc([C@@H]3OCCC[C@H]3O)ccc2C)cc1. The highest BCUT2D eigenvalue weighted by Crippen LogP contribution is 2.30. The number of hydrogen-bond donors (Lipinski definition) is 2. The third-order valence-electron chi connectivity index (χ3n) is 6.16. The molecule has 0 unspecified atom stereocenters. The molecule has 1 fully saturated rings. The minimum absolute atomic E-state index is 0.00407. The molecule has 1 saturated heterocycles. The fourth-order valence-corrected chi connectivity index (χ4v) is 4.10. The van der Waals surface area contributed by atoms with E-state index >= 15 is 0 Å². The Morgan fingerprint density at radius 3 is 2.82 bits per heavy atom. The van der Waals surface area contributed by atoms with Gasteiger partial charge in [-0.05, 0) is 61.1 Å². The lowest BCUT2D eigenvalue weighted by atomic mass is 9.93. The molecule has 1 aliphatic rings. The van der Waals surface area contributed by atoms with E-state index in [4.69, 9.17) is 11.2 Å². The van der Waals surface area contributed by atoms with Crippen molar-refractivity contribution in [1.29, 1.82) is 0 Å². The lowest BCUT2D eigenvalue weighted by Gasteiger charge is -2.29. The predicted molar refractivity (Wildman–Crippen MR) is 137 cm³/mol. The lowest BCUT2D eigenvalue weighted by Crippen LogP contribution is -2.32. The molecule has 2 aromatic carbocycles. The topological polar surface area (TPSA) is 61.8 Å². The van der Waals surface area contributed by atoms with Gasteiger partial charge in [-0.1, -0.05) is 60.5 Å². The molecule has 2 aromatic rings. The van der Waals surface area contributed by atoms with E-state index in [9.17, 15) is 9.90 Å². The summed E-state index contributed by atoms with van der Waals surface area (Å²) in [5.74, 6) is 2.59. The molecule has 180 valence electrons. The minimum atomic E-state index is -0.438. The Morgan fingerprint density at radius 1 is 1.29 bits per heavy atom. The van der Waals surface area contributed by atoms with Crippen LogP contribution in [0.1, 0.15) is 53.2 Å². The van der Waals surface area contributed by atoms with E-state index in [-0.39, 0.29) is 12.0 Å². The van der Waals surface area contributed by atoms with Crippen molar-refractivity contribution in [3.63, 3.8) is 0 Å². The second kappa shape index (κ2) is 13.1. The Hall–Kier alpha value is -2.91. The molecule has 0 bridgehead atoms. The van der Waals surface area contributed by atoms with Gasteiger partial charge in [0.05, 0.1) is 12.6 Å². The van der Waals surface area contributed by atoms with E-state index in [0.29, 0.717) is 26.1 Å². The minimum Gasteiger partial charge on any atom is -0.390 e. The van der Waals surface area contributed by atoms with Crippen LogP contribution in [0.2, 0.25) is 0 Å². The van der Waals surface area contributed by atoms with Gasteiger partial charge in [-0.25, -0.2) is 0 Å². The Labute approximate surface area is 203 Å². The van der Waals surface area contributed by atoms with Gasteiger partial charge in [-0.2, -0.15) is 0 Å². The van der Waals surface area contributed by atoms with Crippen LogP contribution in [0.5, 0.6) is 0 Å². The van der Waals surface area contributed by atoms with Gasteiger partial charge < -0.3 is 15.2 Å². The van der Waals surface area contributed by atoms with Crippen molar-refractivity contribution in [3.05, 3.63) is 76.4 Å². The zero-order chi connectivity index (χ0) is 24.3. The summed E-state index contributed by atoms with van der Waals surface area (Å²) in [5.41, 5.74) is 5.81. The number of aliphatic hydroxyl groups is 1. The Balaban J connectivity index is 1.51. The number of terminal acetylenes is 1. The monoisotopic (exact) mass is 460 g/mol. The molecule has 5 heteroatoms. The maximum Gasteiger partial charge on any atom is 0.223 e. The zero-order valence-electron chi connectivity index (χ0n) is 20.3. The summed E-state index contributed by atoms with van der Waals surface area (Å²) in [7, 11) is 1.93. The number of ether oxygens (including phenoxy) is 1. The van der Waals surface area contributed by atoms with Crippen LogP contribution >= 0.6 is 0 Å². The molecule has 0 spiro atoms. The number of rotatable bonds is 10. The smallest absolute Gasteiger partial charge is 0.223 e. The van der Waals surface area contributed by atoms with Gasteiger partial charge in [0.25, 0.3) is 0 Å². The van der Waals surface area contributed by atoms with E-state index in [1.54, 1.807) is 0 Å². The van der Waals surface area contributed by atoms with Crippen LogP contribution in [0.25, 0.3) is 6.08 Å². The first-order chi connectivity index (χ1) is 16.5. The van der Waals surface area contributed by atoms with E-state index in [2.05, 4.69) is 60.6 Å². The van der Waals surface area contributed by atoms with Crippen molar-refractivity contribution in [2.45, 2.75) is 44.8 Å². The number of aliphatic hydroxyl groups excluding tert-OH is 1. The van der Waals surface area contributed by atoms with E-state index < -0.39 is 6.10 Å². The van der Waals surface area contributed by atoms with Crippen molar-refractivity contribution < 1.29 is 14.6 Å². The fourth-order valence-electron chi connectivity index (χ4n) is 4.10. The van der Waals surface area contributed by atoms with Crippen LogP contribution in [0.4, 0.5) is 0 Å². The number of carbonyl (C=O) groups excluding carboxylic acids is 1. The first-order valence-corrected chi connectivity index (χ1v) is 12.0. The van der Waals surface area contributed by atoms with Crippen molar-refractivity contribution in [1.82, 2.24) is 10.2 Å². The number of nitrogens with zero attached hydrogens (tertiary/aromatic N) is 1. The molecule has 0 aliphatic carbocycles. The largest absolute Gasteiger partial charge is 0.390 e. The van der Waals surface area contributed by atoms with Crippen LogP contribution < -0.4 is 5.32 Å². The Kier molecular flexibility index (Phi) is 9.90. The Bertz CT molecular complexity index is 1010. The van der Waals surface area contributed by atoms with Gasteiger partial charge in [0.1, 0.15) is 6.10 Å². The van der Waals surface area contributed by atoms with Crippen LogP contribution in [0.3, 0.4) is 0 Å². The van der Waals surface area contributed by atoms with E-state index in [1.807, 2.05) is 24.1 Å². The van der Waals surface area contributed by atoms with Crippen molar-refractivity contribution >= 4 is 12.0 Å². The van der Waals surface area contributed by atoms with Gasteiger partial charge in [-0.15, -0.1) is 6.42 Å². The summed E-state index contributed by atoms with van der Waals surface area (Å²) in [4.78, 5) is 14.0. The molecule has 3 rings (SSSR count). The summed E-state index contributed by atoms with van der Waals surface area (Å²) in [6.07, 6.45) is 11.3. The highest BCUT2D eigenvalue weighted by molar-refractivity contribution is 5.78. The normalized spacial score (nSPS) is 18.2. The standard InChI is InChI=1S/C29H36N2O3/c1-4-17-31(3)18-16-30-28(33)9-5-7-23-11-13-24(14-12-23)20-26-21-25(15-10-22(26)2)29-27(32)8-6-19-34-29/h1,5,7,10-15,21,27,29,32H,6,8-9,16-20H2,2-3H3,(H,30,33)/b7-5+/t27-,29+/m1/s1. The average molecular weight is 461 g/mol. The molecule has 5 nitrogen and oxygen atoms in total. The summed E-state index contributed by atoms with van der Waals surface area (Å²) in [6.45, 7) is 4.72. The molecule has 34 heavy (non-hydrogen) atoms. The lowest BCUT2D eigenvalue weighted by molar-refractivity contribution is -0.120. The molecule has 1 amide bonds. The van der Waals surface area contributed by atoms with Crippen molar-refractivity contribution in [2.24, 2.45) is 0 Å². The molecule has 0 saturated carbocycles. The summed E-state index contributed by atoms with van der Waals surface area (Å²) < 4.78 is 5.84. The number of benzene rings is 2. The molecule has 0 radical (unpaired) electrons. The Morgan fingerprint density at radius 2 is 2.09 bits per heavy atom. The molecule has 2 atom stereocenters. The first kappa shape index (κ1) is 25.7. The highest BCUT2D eigenvalue weighted by Gasteiger charge is 2.25. The first-order valence-electron chi connectivity index (χ1n) is 12.0. The number of nitrogens with one attached hydrogen (secondary N) is 1. The van der Waals surface area contributed by atoms with Crippen LogP contribution in [-0.2, 0) is 16.0 Å². The number of hydrogen-bond acceptors (Lipinski definition) is 4. The molecule has 0 aromatic heterocycles. The maximum atomic E-state index is 12.0. The summed E-state index contributed by atoms with van der Waals surface area (Å²) in [5, 5.41) is 13.2. The third-order valence-corrected chi connectivity index (χ3v) is 6.16. The second-order valence-electron chi connectivity index (χ2n) is 9.00. The van der Waals surface area contributed by atoms with Gasteiger partial charge in [0.2, 0.25) is 5.91 Å².